The summed E-state index contributed by atoms with van der Waals surface area (Å²) < 4.78 is 5.18. The highest BCUT2D eigenvalue weighted by atomic mass is 16.4. The Morgan fingerprint density at radius 3 is 3.05 bits per heavy atom. The van der Waals surface area contributed by atoms with Gasteiger partial charge in [0, 0.05) is 13.1 Å². The van der Waals surface area contributed by atoms with Crippen LogP contribution in [0, 0.1) is 5.92 Å². The van der Waals surface area contributed by atoms with Crippen molar-refractivity contribution in [2.75, 3.05) is 32.7 Å². The zero-order valence-corrected chi connectivity index (χ0v) is 13.5. The molecule has 0 spiro atoms. The molecule has 0 bridgehead atoms. The van der Waals surface area contributed by atoms with E-state index < -0.39 is 5.60 Å². The highest BCUT2D eigenvalue weighted by Crippen LogP contribution is 2.19. The van der Waals surface area contributed by atoms with E-state index in [0.29, 0.717) is 18.2 Å². The average Bonchev–Trinajstić information content (AvgIpc) is 3.15. The van der Waals surface area contributed by atoms with Gasteiger partial charge in [0.25, 0.3) is 0 Å². The number of likely N-dealkylation sites (tertiary alicyclic amines) is 1. The molecule has 1 saturated heterocycles. The lowest BCUT2D eigenvalue weighted by Crippen LogP contribution is -2.44. The fourth-order valence-electron chi connectivity index (χ4n) is 2.82. The van der Waals surface area contributed by atoms with Crippen LogP contribution in [0.5, 0.6) is 0 Å². The summed E-state index contributed by atoms with van der Waals surface area (Å²) in [6.07, 6.45) is 3.80. The van der Waals surface area contributed by atoms with E-state index in [0.717, 1.165) is 26.1 Å². The van der Waals surface area contributed by atoms with Crippen LogP contribution in [-0.2, 0) is 5.60 Å². The van der Waals surface area contributed by atoms with E-state index in [1.54, 1.807) is 19.1 Å². The fraction of sp³-hybridized carbons (Fsp3) is 0.688. The lowest BCUT2D eigenvalue weighted by Gasteiger charge is -2.21. The molecule has 0 aromatic carbocycles. The molecular weight excluding hydrogens is 282 g/mol. The number of amides is 2. The first-order chi connectivity index (χ1) is 10.5. The highest BCUT2D eigenvalue weighted by Gasteiger charge is 2.27. The van der Waals surface area contributed by atoms with Gasteiger partial charge in [-0.15, -0.1) is 0 Å². The van der Waals surface area contributed by atoms with Crippen molar-refractivity contribution in [3.8, 4) is 0 Å². The largest absolute Gasteiger partial charge is 0.466 e. The molecule has 2 amide bonds. The normalized spacial score (nSPS) is 21.5. The number of hydrogen-bond donors (Lipinski definition) is 3. The van der Waals surface area contributed by atoms with Gasteiger partial charge >= 0.3 is 6.03 Å². The van der Waals surface area contributed by atoms with Crippen LogP contribution >= 0.6 is 0 Å². The van der Waals surface area contributed by atoms with E-state index in [4.69, 9.17) is 4.42 Å². The third-order valence-electron chi connectivity index (χ3n) is 4.11. The summed E-state index contributed by atoms with van der Waals surface area (Å²) in [6.45, 7) is 7.89. The minimum Gasteiger partial charge on any atom is -0.466 e. The molecule has 22 heavy (non-hydrogen) atoms. The van der Waals surface area contributed by atoms with Crippen LogP contribution in [0.15, 0.2) is 22.8 Å². The van der Waals surface area contributed by atoms with E-state index in [-0.39, 0.29) is 12.6 Å². The number of carbonyl (C=O) groups excluding carboxylic acids is 1. The van der Waals surface area contributed by atoms with Crippen molar-refractivity contribution in [2.24, 2.45) is 5.92 Å². The first-order valence-electron chi connectivity index (χ1n) is 8.01. The van der Waals surface area contributed by atoms with Crippen LogP contribution in [0.4, 0.5) is 4.79 Å². The second kappa shape index (κ2) is 7.65. The quantitative estimate of drug-likeness (QED) is 0.713. The second-order valence-corrected chi connectivity index (χ2v) is 6.27. The molecule has 3 N–H and O–H groups in total. The predicted octanol–water partition coefficient (Wildman–Crippen LogP) is 1.52. The number of aliphatic hydroxyl groups is 1. The van der Waals surface area contributed by atoms with Crippen molar-refractivity contribution in [2.45, 2.75) is 32.3 Å². The van der Waals surface area contributed by atoms with Crippen molar-refractivity contribution < 1.29 is 14.3 Å². The van der Waals surface area contributed by atoms with Gasteiger partial charge in [0.15, 0.2) is 0 Å². The first kappa shape index (κ1) is 16.8. The maximum atomic E-state index is 11.8. The summed E-state index contributed by atoms with van der Waals surface area (Å²) in [7, 11) is 0. The minimum atomic E-state index is -1.20. The standard InChI is InChI=1S/C16H27N3O3/c1-3-7-19-8-6-13(11-19)10-17-15(20)18-12-16(2,21)14-5-4-9-22-14/h4-5,9,13,21H,3,6-8,10-12H2,1-2H3,(H2,17,18,20). The predicted molar refractivity (Wildman–Crippen MR) is 84.5 cm³/mol. The van der Waals surface area contributed by atoms with E-state index in [1.807, 2.05) is 0 Å². The lowest BCUT2D eigenvalue weighted by atomic mass is 10.0. The maximum Gasteiger partial charge on any atom is 0.314 e. The van der Waals surface area contributed by atoms with Gasteiger partial charge in [-0.2, -0.15) is 0 Å². The van der Waals surface area contributed by atoms with Gasteiger partial charge < -0.3 is 25.1 Å². The first-order valence-corrected chi connectivity index (χ1v) is 8.01. The SMILES string of the molecule is CCCN1CCC(CNC(=O)NCC(C)(O)c2ccco2)C1. The number of carbonyl (C=O) groups is 1. The molecule has 0 radical (unpaired) electrons. The van der Waals surface area contributed by atoms with Gasteiger partial charge in [-0.25, -0.2) is 4.79 Å². The molecule has 2 atom stereocenters. The van der Waals surface area contributed by atoms with E-state index in [1.165, 1.54) is 12.7 Å². The number of nitrogens with zero attached hydrogens (tertiary/aromatic N) is 1. The Morgan fingerprint density at radius 2 is 2.36 bits per heavy atom. The second-order valence-electron chi connectivity index (χ2n) is 6.27. The van der Waals surface area contributed by atoms with Gasteiger partial charge in [-0.3, -0.25) is 0 Å². The number of urea groups is 1. The molecule has 0 aliphatic carbocycles. The summed E-state index contributed by atoms with van der Waals surface area (Å²) in [4.78, 5) is 14.3. The molecule has 6 nitrogen and oxygen atoms in total. The monoisotopic (exact) mass is 309 g/mol. The van der Waals surface area contributed by atoms with Gasteiger partial charge in [-0.1, -0.05) is 6.92 Å². The summed E-state index contributed by atoms with van der Waals surface area (Å²) >= 11 is 0. The number of furan rings is 1. The maximum absolute atomic E-state index is 11.8. The Labute approximate surface area is 131 Å². The Bertz CT molecular complexity index is 459. The molecule has 2 unspecified atom stereocenters. The zero-order valence-electron chi connectivity index (χ0n) is 13.5. The summed E-state index contributed by atoms with van der Waals surface area (Å²) in [6, 6.07) is 3.16. The third kappa shape index (κ3) is 4.74. The van der Waals surface area contributed by atoms with Crippen LogP contribution < -0.4 is 10.6 Å². The van der Waals surface area contributed by atoms with Crippen molar-refractivity contribution in [1.29, 1.82) is 0 Å². The molecule has 1 aromatic rings. The van der Waals surface area contributed by atoms with Crippen LogP contribution in [0.25, 0.3) is 0 Å². The van der Waals surface area contributed by atoms with Crippen LogP contribution in [0.3, 0.4) is 0 Å². The van der Waals surface area contributed by atoms with Crippen LogP contribution in [0.1, 0.15) is 32.4 Å². The molecular formula is C16H27N3O3. The van der Waals surface area contributed by atoms with Gasteiger partial charge in [-0.05, 0) is 50.9 Å². The number of hydrogen-bond acceptors (Lipinski definition) is 4. The molecule has 0 saturated carbocycles. The molecule has 1 aliphatic heterocycles. The van der Waals surface area contributed by atoms with E-state index in [2.05, 4.69) is 22.5 Å². The lowest BCUT2D eigenvalue weighted by molar-refractivity contribution is 0.0367. The minimum absolute atomic E-state index is 0.110. The topological polar surface area (TPSA) is 77.7 Å². The van der Waals surface area contributed by atoms with Crippen molar-refractivity contribution in [3.05, 3.63) is 24.2 Å². The Balaban J connectivity index is 1.66. The zero-order chi connectivity index (χ0) is 16.0. The van der Waals surface area contributed by atoms with Crippen LogP contribution in [0.2, 0.25) is 0 Å². The molecule has 1 fully saturated rings. The molecule has 6 heteroatoms. The summed E-state index contributed by atoms with van der Waals surface area (Å²) in [5.41, 5.74) is -1.20. The molecule has 1 aromatic heterocycles. The third-order valence-corrected chi connectivity index (χ3v) is 4.11. The molecule has 2 heterocycles. The van der Waals surface area contributed by atoms with E-state index in [9.17, 15) is 9.90 Å². The Kier molecular flexibility index (Phi) is 5.85. The molecule has 124 valence electrons. The highest BCUT2D eigenvalue weighted by molar-refractivity contribution is 5.73. The van der Waals surface area contributed by atoms with Gasteiger partial charge in [0.2, 0.25) is 0 Å². The Hall–Kier alpha value is -1.53. The van der Waals surface area contributed by atoms with Crippen LogP contribution in [-0.4, -0.2) is 48.8 Å². The summed E-state index contributed by atoms with van der Waals surface area (Å²) in [5.74, 6) is 0.960. The molecule has 2 rings (SSSR count). The smallest absolute Gasteiger partial charge is 0.314 e. The molecule has 1 aliphatic rings. The van der Waals surface area contributed by atoms with Gasteiger partial charge in [0.1, 0.15) is 11.4 Å². The number of nitrogens with one attached hydrogen (secondary N) is 2. The fourth-order valence-corrected chi connectivity index (χ4v) is 2.82. The number of rotatable bonds is 7. The van der Waals surface area contributed by atoms with Crippen molar-refractivity contribution in [1.82, 2.24) is 15.5 Å². The average molecular weight is 309 g/mol. The van der Waals surface area contributed by atoms with Crippen molar-refractivity contribution in [3.63, 3.8) is 0 Å². The van der Waals surface area contributed by atoms with E-state index >= 15 is 0 Å². The Morgan fingerprint density at radius 1 is 1.55 bits per heavy atom. The summed E-state index contributed by atoms with van der Waals surface area (Å²) in [5, 5.41) is 15.8. The van der Waals surface area contributed by atoms with Gasteiger partial charge in [0.05, 0.1) is 12.8 Å². The van der Waals surface area contributed by atoms with Crippen molar-refractivity contribution >= 4 is 6.03 Å².